The topological polar surface area (TPSA) is 197 Å². The molecule has 0 spiro atoms. The van der Waals surface area contributed by atoms with Crippen LogP contribution < -0.4 is 24.8 Å². The third-order valence-corrected chi connectivity index (χ3v) is 8.86. The highest BCUT2D eigenvalue weighted by molar-refractivity contribution is 7.92. The van der Waals surface area contributed by atoms with Crippen LogP contribution in [0.1, 0.15) is 29.8 Å². The second kappa shape index (κ2) is 13.6. The molecule has 0 atom stereocenters. The molecule has 2 amide bonds. The molecule has 0 radical (unpaired) electrons. The van der Waals surface area contributed by atoms with Crippen molar-refractivity contribution in [2.45, 2.75) is 30.2 Å². The van der Waals surface area contributed by atoms with Crippen LogP contribution in [0.15, 0.2) is 101 Å². The minimum atomic E-state index is -4.16. The van der Waals surface area contributed by atoms with E-state index < -0.39 is 26.0 Å². The van der Waals surface area contributed by atoms with E-state index in [2.05, 4.69) is 20.1 Å². The number of carbonyl (C=O) groups excluding carboxylic acids is 2. The highest BCUT2D eigenvalue weighted by Crippen LogP contribution is 2.29. The van der Waals surface area contributed by atoms with Gasteiger partial charge in [-0.15, -0.1) is 0 Å². The van der Waals surface area contributed by atoms with Crippen molar-refractivity contribution in [3.63, 3.8) is 0 Å². The summed E-state index contributed by atoms with van der Waals surface area (Å²) in [5.41, 5.74) is 0.932. The first kappa shape index (κ1) is 32.7. The van der Waals surface area contributed by atoms with E-state index in [0.717, 1.165) is 0 Å². The zero-order valence-electron chi connectivity index (χ0n) is 23.9. The number of sulfonamides is 2. The summed E-state index contributed by atoms with van der Waals surface area (Å²) in [6.45, 7) is 2.64. The standard InChI is InChI=1S/C30H28N4O9S2/c1-19(35)32-22-5-12-26(13-6-22)44(39,40)31-18-21-3-9-24(10-4-21)43-25-11-16-29(28(17-25)30(37)38)34-45(41,42)27-14-7-23(8-15-27)33-20(2)36/h3-17,31,34H,18H2,1-2H3,(H,32,35)(H,33,36)(H,37,38). The van der Waals surface area contributed by atoms with Crippen LogP contribution in [0.4, 0.5) is 17.1 Å². The highest BCUT2D eigenvalue weighted by Gasteiger charge is 2.20. The van der Waals surface area contributed by atoms with Crippen molar-refractivity contribution in [3.8, 4) is 11.5 Å². The number of rotatable bonds is 12. The van der Waals surface area contributed by atoms with Gasteiger partial charge in [0.05, 0.1) is 21.0 Å². The third kappa shape index (κ3) is 8.88. The fourth-order valence-electron chi connectivity index (χ4n) is 3.97. The van der Waals surface area contributed by atoms with Gasteiger partial charge in [-0.25, -0.2) is 26.4 Å². The van der Waals surface area contributed by atoms with Gasteiger partial charge in [-0.3, -0.25) is 14.3 Å². The monoisotopic (exact) mass is 652 g/mol. The number of aromatic carboxylic acids is 1. The van der Waals surface area contributed by atoms with Crippen LogP contribution in [0.25, 0.3) is 0 Å². The Morgan fingerprint density at radius 1 is 0.667 bits per heavy atom. The van der Waals surface area contributed by atoms with Gasteiger partial charge in [-0.05, 0) is 84.4 Å². The second-order valence-corrected chi connectivity index (χ2v) is 13.0. The molecule has 0 aliphatic carbocycles. The fraction of sp³-hybridized carbons (Fsp3) is 0.100. The van der Waals surface area contributed by atoms with E-state index in [1.165, 1.54) is 80.6 Å². The van der Waals surface area contributed by atoms with Gasteiger partial charge in [0.15, 0.2) is 0 Å². The predicted molar refractivity (Wildman–Crippen MR) is 166 cm³/mol. The van der Waals surface area contributed by atoms with E-state index in [0.29, 0.717) is 22.7 Å². The number of nitrogens with one attached hydrogen (secondary N) is 4. The van der Waals surface area contributed by atoms with Gasteiger partial charge in [0, 0.05) is 31.8 Å². The average Bonchev–Trinajstić information content (AvgIpc) is 2.97. The predicted octanol–water partition coefficient (Wildman–Crippen LogP) is 4.37. The van der Waals surface area contributed by atoms with E-state index in [1.807, 2.05) is 0 Å². The number of benzene rings is 4. The normalized spacial score (nSPS) is 11.3. The van der Waals surface area contributed by atoms with Crippen molar-refractivity contribution < 1.29 is 41.1 Å². The van der Waals surface area contributed by atoms with Gasteiger partial charge in [0.25, 0.3) is 10.0 Å². The summed E-state index contributed by atoms with van der Waals surface area (Å²) in [5, 5.41) is 14.8. The van der Waals surface area contributed by atoms with Gasteiger partial charge in [-0.1, -0.05) is 12.1 Å². The van der Waals surface area contributed by atoms with Crippen LogP contribution in [0.2, 0.25) is 0 Å². The lowest BCUT2D eigenvalue weighted by molar-refractivity contribution is -0.115. The number of carbonyl (C=O) groups is 3. The van der Waals surface area contributed by atoms with Gasteiger partial charge in [0.2, 0.25) is 21.8 Å². The minimum Gasteiger partial charge on any atom is -0.478 e. The number of carboxylic acid groups (broad SMARTS) is 1. The van der Waals surface area contributed by atoms with Crippen molar-refractivity contribution in [2.24, 2.45) is 0 Å². The first-order valence-corrected chi connectivity index (χ1v) is 16.1. The molecule has 0 heterocycles. The quantitative estimate of drug-likeness (QED) is 0.148. The molecule has 13 nitrogen and oxygen atoms in total. The smallest absolute Gasteiger partial charge is 0.337 e. The maximum absolute atomic E-state index is 12.9. The summed E-state index contributed by atoms with van der Waals surface area (Å²) in [7, 11) is -7.99. The Labute approximate surface area is 259 Å². The average molecular weight is 653 g/mol. The number of hydrogen-bond acceptors (Lipinski definition) is 8. The highest BCUT2D eigenvalue weighted by atomic mass is 32.2. The van der Waals surface area contributed by atoms with Crippen LogP contribution in [0.3, 0.4) is 0 Å². The zero-order chi connectivity index (χ0) is 32.8. The van der Waals surface area contributed by atoms with Crippen LogP contribution in [-0.4, -0.2) is 39.7 Å². The molecule has 0 unspecified atom stereocenters. The summed E-state index contributed by atoms with van der Waals surface area (Å²) in [4.78, 5) is 34.2. The molecule has 0 bridgehead atoms. The number of anilines is 3. The van der Waals surface area contributed by atoms with Crippen molar-refractivity contribution in [1.29, 1.82) is 0 Å². The number of hydrogen-bond donors (Lipinski definition) is 5. The lowest BCUT2D eigenvalue weighted by Crippen LogP contribution is -2.23. The molecular weight excluding hydrogens is 624 g/mol. The van der Waals surface area contributed by atoms with Crippen LogP contribution in [-0.2, 0) is 36.2 Å². The van der Waals surface area contributed by atoms with Crippen molar-refractivity contribution in [2.75, 3.05) is 15.4 Å². The summed E-state index contributed by atoms with van der Waals surface area (Å²) in [6.07, 6.45) is 0. The van der Waals surface area contributed by atoms with Crippen molar-refractivity contribution in [1.82, 2.24) is 4.72 Å². The lowest BCUT2D eigenvalue weighted by atomic mass is 10.1. The molecule has 0 saturated carbocycles. The molecule has 15 heteroatoms. The summed E-state index contributed by atoms with van der Waals surface area (Å²) >= 11 is 0. The lowest BCUT2D eigenvalue weighted by Gasteiger charge is -2.13. The van der Waals surface area contributed by atoms with Gasteiger partial charge >= 0.3 is 5.97 Å². The Kier molecular flexibility index (Phi) is 9.86. The first-order valence-electron chi connectivity index (χ1n) is 13.1. The van der Waals surface area contributed by atoms with E-state index in [4.69, 9.17) is 4.74 Å². The van der Waals surface area contributed by atoms with E-state index in [9.17, 15) is 36.3 Å². The molecular formula is C30H28N4O9S2. The molecule has 0 aliphatic heterocycles. The molecule has 4 aromatic rings. The molecule has 4 aromatic carbocycles. The Balaban J connectivity index is 1.41. The summed E-state index contributed by atoms with van der Waals surface area (Å²) in [5.74, 6) is -1.56. The van der Waals surface area contributed by atoms with Gasteiger partial charge < -0.3 is 20.5 Å². The van der Waals surface area contributed by atoms with E-state index >= 15 is 0 Å². The summed E-state index contributed by atoms with van der Waals surface area (Å²) in [6, 6.07) is 21.2. The molecule has 0 saturated heterocycles. The molecule has 45 heavy (non-hydrogen) atoms. The second-order valence-electron chi connectivity index (χ2n) is 9.60. The molecule has 234 valence electrons. The Hall–Kier alpha value is -5.25. The van der Waals surface area contributed by atoms with Crippen molar-refractivity contribution in [3.05, 3.63) is 102 Å². The Bertz CT molecular complexity index is 1940. The van der Waals surface area contributed by atoms with Gasteiger partial charge in [0.1, 0.15) is 11.5 Å². The molecule has 0 aromatic heterocycles. The number of amides is 2. The molecule has 0 fully saturated rings. The van der Waals surface area contributed by atoms with Crippen molar-refractivity contribution >= 4 is 54.9 Å². The summed E-state index contributed by atoms with van der Waals surface area (Å²) < 4.78 is 61.6. The molecule has 5 N–H and O–H groups in total. The van der Waals surface area contributed by atoms with Crippen LogP contribution in [0, 0.1) is 0 Å². The van der Waals surface area contributed by atoms with Crippen LogP contribution in [0.5, 0.6) is 11.5 Å². The maximum Gasteiger partial charge on any atom is 0.337 e. The van der Waals surface area contributed by atoms with E-state index in [-0.39, 0.29) is 45.2 Å². The Morgan fingerprint density at radius 3 is 1.64 bits per heavy atom. The SMILES string of the molecule is CC(=O)Nc1ccc(S(=O)(=O)NCc2ccc(Oc3ccc(NS(=O)(=O)c4ccc(NC(C)=O)cc4)c(C(=O)O)c3)cc2)cc1. The number of ether oxygens (including phenoxy) is 1. The minimum absolute atomic E-state index is 0.0238. The van der Waals surface area contributed by atoms with Gasteiger partial charge in [-0.2, -0.15) is 0 Å². The molecule has 0 aliphatic rings. The Morgan fingerprint density at radius 2 is 1.16 bits per heavy atom. The maximum atomic E-state index is 12.9. The number of carboxylic acids is 1. The first-order chi connectivity index (χ1) is 21.2. The largest absolute Gasteiger partial charge is 0.478 e. The fourth-order valence-corrected chi connectivity index (χ4v) is 6.07. The third-order valence-electron chi connectivity index (χ3n) is 6.06. The van der Waals surface area contributed by atoms with E-state index in [1.54, 1.807) is 24.3 Å². The zero-order valence-corrected chi connectivity index (χ0v) is 25.5. The van der Waals surface area contributed by atoms with Crippen LogP contribution >= 0.6 is 0 Å². The molecule has 4 rings (SSSR count).